The molecule has 0 saturated heterocycles. The zero-order valence-electron chi connectivity index (χ0n) is 15.3. The van der Waals surface area contributed by atoms with E-state index in [-0.39, 0.29) is 5.78 Å². The number of carbonyl (C=O) groups is 1. The van der Waals surface area contributed by atoms with Gasteiger partial charge in [0.25, 0.3) is 0 Å². The van der Waals surface area contributed by atoms with Crippen LogP contribution in [0.25, 0.3) is 6.08 Å². The van der Waals surface area contributed by atoms with E-state index in [1.54, 1.807) is 17.5 Å². The van der Waals surface area contributed by atoms with Crippen LogP contribution in [-0.4, -0.2) is 22.4 Å². The summed E-state index contributed by atoms with van der Waals surface area (Å²) in [5, 5.41) is 1.98. The Kier molecular flexibility index (Phi) is 4.22. The molecule has 3 aromatic rings. The molecule has 2 aromatic heterocycles. The molecule has 140 valence electrons. The summed E-state index contributed by atoms with van der Waals surface area (Å²) in [6, 6.07) is 11.8. The van der Waals surface area contributed by atoms with Crippen molar-refractivity contribution in [2.75, 3.05) is 6.73 Å². The number of allylic oxidation sites excluding steroid dienone is 1. The topological polar surface area (TPSA) is 51.7 Å². The van der Waals surface area contributed by atoms with Crippen molar-refractivity contribution in [2.24, 2.45) is 0 Å². The second-order valence-corrected chi connectivity index (χ2v) is 7.89. The van der Waals surface area contributed by atoms with Gasteiger partial charge in [-0.3, -0.25) is 14.7 Å². The maximum Gasteiger partial charge on any atom is 0.232 e. The molecular weight excluding hydrogens is 372 g/mol. The van der Waals surface area contributed by atoms with Crippen molar-refractivity contribution in [3.8, 4) is 11.5 Å². The molecule has 0 aliphatic carbocycles. The SMILES string of the molecule is Cc1cc2c(c3c1C(=O)/C(=C/c1cccs1)O3)CN(Cc1ccccn1)CO2. The van der Waals surface area contributed by atoms with Crippen LogP contribution in [0, 0.1) is 6.92 Å². The minimum absolute atomic E-state index is 0.0643. The van der Waals surface area contributed by atoms with Crippen molar-refractivity contribution in [1.29, 1.82) is 0 Å². The molecule has 28 heavy (non-hydrogen) atoms. The molecule has 2 aliphatic rings. The summed E-state index contributed by atoms with van der Waals surface area (Å²) in [7, 11) is 0. The number of nitrogens with zero attached hydrogens (tertiary/aromatic N) is 2. The molecule has 0 spiro atoms. The molecule has 2 aliphatic heterocycles. The van der Waals surface area contributed by atoms with Crippen LogP contribution in [0.15, 0.2) is 53.7 Å². The third-order valence-corrected chi connectivity index (χ3v) is 5.74. The van der Waals surface area contributed by atoms with E-state index in [0.29, 0.717) is 36.9 Å². The van der Waals surface area contributed by atoms with E-state index in [9.17, 15) is 4.79 Å². The van der Waals surface area contributed by atoms with Gasteiger partial charge in [-0.15, -0.1) is 11.3 Å². The number of carbonyl (C=O) groups excluding carboxylic acids is 1. The number of aromatic nitrogens is 1. The molecule has 0 saturated carbocycles. The highest BCUT2D eigenvalue weighted by Crippen LogP contribution is 2.44. The highest BCUT2D eigenvalue weighted by Gasteiger charge is 2.35. The van der Waals surface area contributed by atoms with Crippen LogP contribution in [0.1, 0.15) is 32.1 Å². The molecule has 0 amide bonds. The number of hydrogen-bond donors (Lipinski definition) is 0. The van der Waals surface area contributed by atoms with Gasteiger partial charge in [0.1, 0.15) is 18.2 Å². The predicted octanol–water partition coefficient (Wildman–Crippen LogP) is 4.42. The molecule has 0 radical (unpaired) electrons. The lowest BCUT2D eigenvalue weighted by molar-refractivity contribution is 0.0861. The number of fused-ring (bicyclic) bond motifs is 3. The summed E-state index contributed by atoms with van der Waals surface area (Å²) in [6.45, 7) is 3.73. The van der Waals surface area contributed by atoms with E-state index in [2.05, 4.69) is 9.88 Å². The number of hydrogen-bond acceptors (Lipinski definition) is 6. The second kappa shape index (κ2) is 6.89. The van der Waals surface area contributed by atoms with Crippen molar-refractivity contribution < 1.29 is 14.3 Å². The van der Waals surface area contributed by atoms with Gasteiger partial charge in [0, 0.05) is 30.2 Å². The number of Topliss-reactive ketones (excluding diaryl/α,β-unsaturated/α-hetero) is 1. The molecule has 0 unspecified atom stereocenters. The number of ether oxygens (including phenoxy) is 2. The normalized spacial score (nSPS) is 17.2. The average Bonchev–Trinajstić information content (AvgIpc) is 3.32. The van der Waals surface area contributed by atoms with E-state index >= 15 is 0 Å². The second-order valence-electron chi connectivity index (χ2n) is 6.91. The standard InChI is InChI=1S/C22H18N2O3S/c1-14-9-18-17(12-24(13-26-18)11-15-5-2-3-7-23-15)22-20(14)21(25)19(27-22)10-16-6-4-8-28-16/h2-10H,11-13H2,1H3/b19-10-. The fraction of sp³-hybridized carbons (Fsp3) is 0.182. The fourth-order valence-electron chi connectivity index (χ4n) is 3.60. The molecule has 6 heteroatoms. The van der Waals surface area contributed by atoms with E-state index in [1.807, 2.05) is 54.8 Å². The predicted molar refractivity (Wildman–Crippen MR) is 107 cm³/mol. The summed E-state index contributed by atoms with van der Waals surface area (Å²) in [5.41, 5.74) is 3.43. The molecule has 0 atom stereocenters. The number of ketones is 1. The van der Waals surface area contributed by atoms with E-state index in [0.717, 1.165) is 27.4 Å². The van der Waals surface area contributed by atoms with Crippen LogP contribution in [0.5, 0.6) is 11.5 Å². The highest BCUT2D eigenvalue weighted by atomic mass is 32.1. The van der Waals surface area contributed by atoms with Crippen molar-refractivity contribution in [2.45, 2.75) is 20.0 Å². The molecule has 0 N–H and O–H groups in total. The number of benzene rings is 1. The van der Waals surface area contributed by atoms with Gasteiger partial charge in [0.05, 0.1) is 16.8 Å². The Morgan fingerprint density at radius 1 is 1.29 bits per heavy atom. The Morgan fingerprint density at radius 3 is 3.00 bits per heavy atom. The fourth-order valence-corrected chi connectivity index (χ4v) is 4.25. The smallest absolute Gasteiger partial charge is 0.232 e. The first-order chi connectivity index (χ1) is 13.7. The maximum absolute atomic E-state index is 12.9. The minimum Gasteiger partial charge on any atom is -0.478 e. The lowest BCUT2D eigenvalue weighted by Gasteiger charge is -2.29. The maximum atomic E-state index is 12.9. The average molecular weight is 390 g/mol. The Labute approximate surface area is 166 Å². The van der Waals surface area contributed by atoms with Crippen LogP contribution in [0.3, 0.4) is 0 Å². The zero-order chi connectivity index (χ0) is 19.1. The van der Waals surface area contributed by atoms with Gasteiger partial charge in [-0.1, -0.05) is 12.1 Å². The largest absolute Gasteiger partial charge is 0.478 e. The van der Waals surface area contributed by atoms with Crippen molar-refractivity contribution >= 4 is 23.2 Å². The summed E-state index contributed by atoms with van der Waals surface area (Å²) in [4.78, 5) is 20.5. The Bertz CT molecular complexity index is 1070. The van der Waals surface area contributed by atoms with Gasteiger partial charge >= 0.3 is 0 Å². The van der Waals surface area contributed by atoms with E-state index < -0.39 is 0 Å². The van der Waals surface area contributed by atoms with Gasteiger partial charge in [0.2, 0.25) is 5.78 Å². The zero-order valence-corrected chi connectivity index (χ0v) is 16.2. The van der Waals surface area contributed by atoms with Gasteiger partial charge in [-0.25, -0.2) is 0 Å². The Morgan fingerprint density at radius 2 is 2.21 bits per heavy atom. The number of thiophene rings is 1. The monoisotopic (exact) mass is 390 g/mol. The Balaban J connectivity index is 1.48. The van der Waals surface area contributed by atoms with Crippen LogP contribution >= 0.6 is 11.3 Å². The quantitative estimate of drug-likeness (QED) is 0.620. The number of aryl methyl sites for hydroxylation is 1. The molecule has 1 aromatic carbocycles. The van der Waals surface area contributed by atoms with Gasteiger partial charge in [-0.2, -0.15) is 0 Å². The third-order valence-electron chi connectivity index (χ3n) is 4.92. The van der Waals surface area contributed by atoms with Gasteiger partial charge in [-0.05, 0) is 42.1 Å². The molecule has 4 heterocycles. The summed E-state index contributed by atoms with van der Waals surface area (Å²) < 4.78 is 12.0. The molecule has 0 bridgehead atoms. The third kappa shape index (κ3) is 3.00. The number of pyridine rings is 1. The summed E-state index contributed by atoms with van der Waals surface area (Å²) >= 11 is 1.58. The first-order valence-electron chi connectivity index (χ1n) is 9.08. The first kappa shape index (κ1) is 17.2. The number of rotatable bonds is 3. The van der Waals surface area contributed by atoms with Gasteiger partial charge in [0.15, 0.2) is 5.76 Å². The Hall–Kier alpha value is -2.96. The van der Waals surface area contributed by atoms with Gasteiger partial charge < -0.3 is 9.47 Å². The molecule has 0 fully saturated rings. The molecule has 5 nitrogen and oxygen atoms in total. The van der Waals surface area contributed by atoms with Crippen molar-refractivity contribution in [3.63, 3.8) is 0 Å². The molecular formula is C22H18N2O3S. The van der Waals surface area contributed by atoms with Crippen molar-refractivity contribution in [1.82, 2.24) is 9.88 Å². The first-order valence-corrected chi connectivity index (χ1v) is 9.96. The van der Waals surface area contributed by atoms with E-state index in [1.165, 1.54) is 0 Å². The van der Waals surface area contributed by atoms with Crippen LogP contribution in [-0.2, 0) is 13.1 Å². The summed E-state index contributed by atoms with van der Waals surface area (Å²) in [5.74, 6) is 1.73. The van der Waals surface area contributed by atoms with Crippen molar-refractivity contribution in [3.05, 3.63) is 81.0 Å². The van der Waals surface area contributed by atoms with E-state index in [4.69, 9.17) is 9.47 Å². The summed E-state index contributed by atoms with van der Waals surface area (Å²) in [6.07, 6.45) is 3.60. The lowest BCUT2D eigenvalue weighted by atomic mass is 9.99. The van der Waals surface area contributed by atoms with Crippen LogP contribution in [0.4, 0.5) is 0 Å². The van der Waals surface area contributed by atoms with Crippen LogP contribution < -0.4 is 9.47 Å². The lowest BCUT2D eigenvalue weighted by Crippen LogP contribution is -2.32. The highest BCUT2D eigenvalue weighted by molar-refractivity contribution is 7.10. The van der Waals surface area contributed by atoms with Crippen LogP contribution in [0.2, 0.25) is 0 Å². The molecule has 5 rings (SSSR count). The minimum atomic E-state index is -0.0643.